The number of halogens is 3. The number of nitrogens with one attached hydrogen (secondary N) is 2. The topological polar surface area (TPSA) is 67.4 Å². The highest BCUT2D eigenvalue weighted by atomic mass is 35.5. The number of rotatable bonds is 7. The van der Waals surface area contributed by atoms with Crippen LogP contribution in [0.2, 0.25) is 5.02 Å². The number of carbonyl (C=O) groups excluding carboxylic acids is 2. The van der Waals surface area contributed by atoms with Gasteiger partial charge in [0.25, 0.3) is 5.91 Å². The van der Waals surface area contributed by atoms with E-state index in [1.165, 1.54) is 13.1 Å². The fourth-order valence-electron chi connectivity index (χ4n) is 2.91. The van der Waals surface area contributed by atoms with E-state index in [-0.39, 0.29) is 5.56 Å². The average molecular weight is 445 g/mol. The van der Waals surface area contributed by atoms with Crippen LogP contribution in [-0.2, 0) is 9.59 Å². The fourth-order valence-corrected chi connectivity index (χ4v) is 3.15. The van der Waals surface area contributed by atoms with Gasteiger partial charge in [-0.3, -0.25) is 9.59 Å². The molecule has 1 unspecified atom stereocenters. The molecule has 3 aromatic rings. The molecule has 3 rings (SSSR count). The van der Waals surface area contributed by atoms with Gasteiger partial charge in [-0.1, -0.05) is 54.1 Å². The number of likely N-dealkylation sites (N-methyl/N-ethyl adjacent to an activating group) is 1. The summed E-state index contributed by atoms with van der Waals surface area (Å²) >= 11 is 6.27. The van der Waals surface area contributed by atoms with Crippen molar-refractivity contribution in [3.8, 4) is 16.9 Å². The fraction of sp³-hybridized carbons (Fsp3) is 0.130. The summed E-state index contributed by atoms with van der Waals surface area (Å²) in [5, 5.41) is 5.14. The zero-order valence-electron chi connectivity index (χ0n) is 16.5. The summed E-state index contributed by atoms with van der Waals surface area (Å²) in [6.07, 6.45) is 0. The third-order valence-electron chi connectivity index (χ3n) is 4.49. The highest BCUT2D eigenvalue weighted by Gasteiger charge is 2.23. The van der Waals surface area contributed by atoms with Crippen molar-refractivity contribution in [1.29, 1.82) is 0 Å². The van der Waals surface area contributed by atoms with Crippen molar-refractivity contribution < 1.29 is 23.1 Å². The van der Waals surface area contributed by atoms with E-state index in [1.54, 1.807) is 12.1 Å². The SMILES string of the molecule is CNC(=O)C(NC(=O)COc1ccc(-c2ccccc2)cc1Cl)c1ccc(F)c(F)c1. The van der Waals surface area contributed by atoms with Crippen LogP contribution in [0.5, 0.6) is 5.75 Å². The molecule has 0 heterocycles. The monoisotopic (exact) mass is 444 g/mol. The van der Waals surface area contributed by atoms with E-state index >= 15 is 0 Å². The quantitative estimate of drug-likeness (QED) is 0.572. The second-order valence-electron chi connectivity index (χ2n) is 6.59. The Hall–Kier alpha value is -3.45. The molecule has 0 aliphatic carbocycles. The standard InChI is InChI=1S/C23H19ClF2N2O3/c1-27-23(30)22(16-7-9-18(25)19(26)12-16)28-21(29)13-31-20-10-8-15(11-17(20)24)14-5-3-2-4-6-14/h2-12,22H,13H2,1H3,(H,27,30)(H,28,29). The molecule has 5 nitrogen and oxygen atoms in total. The van der Waals surface area contributed by atoms with E-state index < -0.39 is 36.1 Å². The van der Waals surface area contributed by atoms with E-state index in [0.29, 0.717) is 10.8 Å². The Morgan fingerprint density at radius 2 is 1.71 bits per heavy atom. The maximum absolute atomic E-state index is 13.6. The van der Waals surface area contributed by atoms with Crippen LogP contribution in [0.15, 0.2) is 66.7 Å². The number of benzene rings is 3. The lowest BCUT2D eigenvalue weighted by Crippen LogP contribution is -2.41. The maximum atomic E-state index is 13.6. The zero-order valence-corrected chi connectivity index (χ0v) is 17.2. The molecule has 160 valence electrons. The highest BCUT2D eigenvalue weighted by Crippen LogP contribution is 2.30. The largest absolute Gasteiger partial charge is 0.482 e. The Bertz CT molecular complexity index is 1090. The maximum Gasteiger partial charge on any atom is 0.258 e. The minimum Gasteiger partial charge on any atom is -0.482 e. The number of hydrogen-bond acceptors (Lipinski definition) is 3. The van der Waals surface area contributed by atoms with Gasteiger partial charge in [0.15, 0.2) is 18.2 Å². The minimum atomic E-state index is -1.22. The molecule has 1 atom stereocenters. The molecule has 8 heteroatoms. The van der Waals surface area contributed by atoms with Crippen molar-refractivity contribution in [3.63, 3.8) is 0 Å². The van der Waals surface area contributed by atoms with Crippen LogP contribution in [0.4, 0.5) is 8.78 Å². The molecule has 0 aromatic heterocycles. The summed E-state index contributed by atoms with van der Waals surface area (Å²) < 4.78 is 32.2. The van der Waals surface area contributed by atoms with Gasteiger partial charge in [0.05, 0.1) is 5.02 Å². The Labute approximate surface area is 183 Å². The Morgan fingerprint density at radius 1 is 0.968 bits per heavy atom. The van der Waals surface area contributed by atoms with Gasteiger partial charge in [-0.2, -0.15) is 0 Å². The predicted molar refractivity (Wildman–Crippen MR) is 114 cm³/mol. The molecule has 3 aromatic carbocycles. The first-order chi connectivity index (χ1) is 14.9. The van der Waals surface area contributed by atoms with Crippen molar-refractivity contribution >= 4 is 23.4 Å². The van der Waals surface area contributed by atoms with Crippen LogP contribution in [0.3, 0.4) is 0 Å². The van der Waals surface area contributed by atoms with Gasteiger partial charge in [-0.25, -0.2) is 8.78 Å². The molecule has 0 aliphatic heterocycles. The van der Waals surface area contributed by atoms with Crippen LogP contribution < -0.4 is 15.4 Å². The second-order valence-corrected chi connectivity index (χ2v) is 7.00. The first-order valence-electron chi connectivity index (χ1n) is 9.32. The zero-order chi connectivity index (χ0) is 22.4. The molecule has 0 saturated carbocycles. The van der Waals surface area contributed by atoms with Crippen LogP contribution in [-0.4, -0.2) is 25.5 Å². The van der Waals surface area contributed by atoms with Gasteiger partial charge in [0.2, 0.25) is 5.91 Å². The van der Waals surface area contributed by atoms with E-state index in [1.807, 2.05) is 36.4 Å². The molecule has 0 aliphatic rings. The van der Waals surface area contributed by atoms with Crippen molar-refractivity contribution in [3.05, 3.63) is 89.0 Å². The van der Waals surface area contributed by atoms with Gasteiger partial charge >= 0.3 is 0 Å². The van der Waals surface area contributed by atoms with Gasteiger partial charge in [0, 0.05) is 7.05 Å². The number of carbonyl (C=O) groups is 2. The summed E-state index contributed by atoms with van der Waals surface area (Å²) in [6.45, 7) is -0.429. The summed E-state index contributed by atoms with van der Waals surface area (Å²) in [4.78, 5) is 24.5. The van der Waals surface area contributed by atoms with E-state index in [2.05, 4.69) is 10.6 Å². The molecular weight excluding hydrogens is 426 g/mol. The summed E-state index contributed by atoms with van der Waals surface area (Å²) in [5.74, 6) is -3.11. The van der Waals surface area contributed by atoms with Crippen molar-refractivity contribution in [2.45, 2.75) is 6.04 Å². The minimum absolute atomic E-state index is 0.0943. The average Bonchev–Trinajstić information content (AvgIpc) is 2.78. The normalized spacial score (nSPS) is 11.5. The Balaban J connectivity index is 1.67. The molecule has 31 heavy (non-hydrogen) atoms. The molecular formula is C23H19ClF2N2O3. The highest BCUT2D eigenvalue weighted by molar-refractivity contribution is 6.32. The Kier molecular flexibility index (Phi) is 7.20. The van der Waals surface area contributed by atoms with Crippen molar-refractivity contribution in [2.75, 3.05) is 13.7 Å². The van der Waals surface area contributed by atoms with Crippen LogP contribution in [0, 0.1) is 11.6 Å². The van der Waals surface area contributed by atoms with Gasteiger partial charge in [-0.05, 0) is 41.0 Å². The predicted octanol–water partition coefficient (Wildman–Crippen LogP) is 4.27. The number of ether oxygens (including phenoxy) is 1. The van der Waals surface area contributed by atoms with Crippen molar-refractivity contribution in [1.82, 2.24) is 10.6 Å². The smallest absolute Gasteiger partial charge is 0.258 e. The van der Waals surface area contributed by atoms with Crippen LogP contribution in [0.25, 0.3) is 11.1 Å². The van der Waals surface area contributed by atoms with Gasteiger partial charge in [0.1, 0.15) is 11.8 Å². The lowest BCUT2D eigenvalue weighted by molar-refractivity contribution is -0.129. The molecule has 0 radical (unpaired) electrons. The molecule has 2 amide bonds. The van der Waals surface area contributed by atoms with Gasteiger partial charge < -0.3 is 15.4 Å². The lowest BCUT2D eigenvalue weighted by Gasteiger charge is -2.18. The van der Waals surface area contributed by atoms with Crippen LogP contribution in [0.1, 0.15) is 11.6 Å². The van der Waals surface area contributed by atoms with E-state index in [0.717, 1.165) is 23.3 Å². The van der Waals surface area contributed by atoms with Crippen LogP contribution >= 0.6 is 11.6 Å². The summed E-state index contributed by atoms with van der Waals surface area (Å²) in [7, 11) is 1.37. The first-order valence-corrected chi connectivity index (χ1v) is 9.70. The lowest BCUT2D eigenvalue weighted by atomic mass is 10.1. The third-order valence-corrected chi connectivity index (χ3v) is 4.78. The second kappa shape index (κ2) is 10.0. The Morgan fingerprint density at radius 3 is 2.35 bits per heavy atom. The third kappa shape index (κ3) is 5.58. The van der Waals surface area contributed by atoms with E-state index in [4.69, 9.17) is 16.3 Å². The molecule has 0 bridgehead atoms. The molecule has 0 saturated heterocycles. The molecule has 2 N–H and O–H groups in total. The first kappa shape index (κ1) is 22.2. The number of amides is 2. The van der Waals surface area contributed by atoms with Gasteiger partial charge in [-0.15, -0.1) is 0 Å². The summed E-state index contributed by atoms with van der Waals surface area (Å²) in [5.41, 5.74) is 1.96. The molecule has 0 fully saturated rings. The number of hydrogen-bond donors (Lipinski definition) is 2. The van der Waals surface area contributed by atoms with E-state index in [9.17, 15) is 18.4 Å². The summed E-state index contributed by atoms with van der Waals surface area (Å²) in [6, 6.07) is 16.5. The van der Waals surface area contributed by atoms with Crippen molar-refractivity contribution in [2.24, 2.45) is 0 Å². The molecule has 0 spiro atoms.